The topological polar surface area (TPSA) is 20.7 Å². The maximum atomic E-state index is 13.1. The van der Waals surface area contributed by atoms with Crippen LogP contribution in [0.1, 0.15) is 12.6 Å². The second-order valence-corrected chi connectivity index (χ2v) is 3.95. The van der Waals surface area contributed by atoms with Gasteiger partial charge in [0.1, 0.15) is 4.64 Å². The molecule has 0 bridgehead atoms. The zero-order chi connectivity index (χ0) is 12.6. The van der Waals surface area contributed by atoms with E-state index in [1.54, 1.807) is 6.07 Å². The van der Waals surface area contributed by atoms with Crippen molar-refractivity contribution in [2.45, 2.75) is 13.3 Å². The molecule has 1 N–H and O–H groups in total. The Bertz CT molecular complexity index is 592. The van der Waals surface area contributed by atoms with E-state index in [0.717, 1.165) is 17.8 Å². The number of nitrogens with one attached hydrogen (secondary N) is 1. The first-order chi connectivity index (χ1) is 8.02. The third-order valence-electron chi connectivity index (χ3n) is 2.38. The Hall–Kier alpha value is -1.56. The molecule has 6 heteroatoms. The maximum Gasteiger partial charge on any atom is 0.194 e. The van der Waals surface area contributed by atoms with Crippen molar-refractivity contribution in [3.63, 3.8) is 0 Å². The minimum Gasteiger partial charge on any atom is -0.297 e. The SMILES string of the molecule is CCc1cc(=S)n(-c2cc(F)c(F)c(F)c2)[nH]1. The highest BCUT2D eigenvalue weighted by Gasteiger charge is 2.12. The molecule has 2 aromatic rings. The number of halogens is 3. The lowest BCUT2D eigenvalue weighted by molar-refractivity contribution is 0.446. The van der Waals surface area contributed by atoms with Crippen molar-refractivity contribution in [1.29, 1.82) is 0 Å². The molecule has 1 heterocycles. The summed E-state index contributed by atoms with van der Waals surface area (Å²) in [5, 5.41) is 2.88. The molecule has 90 valence electrons. The summed E-state index contributed by atoms with van der Waals surface area (Å²) < 4.78 is 40.7. The molecular weight excluding hydrogens is 249 g/mol. The summed E-state index contributed by atoms with van der Waals surface area (Å²) in [5.41, 5.74) is 0.964. The standard InChI is InChI=1S/C11H9F3N2S/c1-2-6-3-10(17)16(15-6)7-4-8(12)11(14)9(13)5-7/h3-5,15H,2H2,1H3. The minimum atomic E-state index is -1.48. The van der Waals surface area contributed by atoms with Crippen LogP contribution in [0.3, 0.4) is 0 Å². The fourth-order valence-corrected chi connectivity index (χ4v) is 1.78. The van der Waals surface area contributed by atoms with Gasteiger partial charge in [-0.15, -0.1) is 0 Å². The van der Waals surface area contributed by atoms with Crippen LogP contribution in [-0.4, -0.2) is 9.78 Å². The molecule has 0 amide bonds. The Morgan fingerprint density at radius 1 is 1.18 bits per heavy atom. The van der Waals surface area contributed by atoms with Crippen molar-refractivity contribution in [2.75, 3.05) is 0 Å². The average molecular weight is 258 g/mol. The maximum absolute atomic E-state index is 13.1. The Balaban J connectivity index is 2.60. The Kier molecular flexibility index (Phi) is 3.06. The number of nitrogens with zero attached hydrogens (tertiary/aromatic N) is 1. The normalized spacial score (nSPS) is 10.8. The van der Waals surface area contributed by atoms with Crippen LogP contribution in [0.5, 0.6) is 0 Å². The zero-order valence-corrected chi connectivity index (χ0v) is 9.75. The molecule has 0 saturated heterocycles. The molecule has 17 heavy (non-hydrogen) atoms. The molecule has 0 spiro atoms. The summed E-state index contributed by atoms with van der Waals surface area (Å²) in [7, 11) is 0. The number of hydrogen-bond donors (Lipinski definition) is 1. The number of H-pyrrole nitrogens is 1. The van der Waals surface area contributed by atoms with Crippen LogP contribution in [0.25, 0.3) is 5.69 Å². The molecular formula is C11H9F3N2S. The Morgan fingerprint density at radius 2 is 1.76 bits per heavy atom. The highest BCUT2D eigenvalue weighted by Crippen LogP contribution is 2.17. The number of rotatable bonds is 2. The molecule has 0 atom stereocenters. The van der Waals surface area contributed by atoms with Crippen molar-refractivity contribution < 1.29 is 13.2 Å². The highest BCUT2D eigenvalue weighted by molar-refractivity contribution is 7.71. The van der Waals surface area contributed by atoms with Crippen molar-refractivity contribution in [3.05, 3.63) is 46.0 Å². The van der Waals surface area contributed by atoms with E-state index in [4.69, 9.17) is 12.2 Å². The summed E-state index contributed by atoms with van der Waals surface area (Å²) in [6, 6.07) is 3.48. The van der Waals surface area contributed by atoms with Gasteiger partial charge in [-0.2, -0.15) is 0 Å². The van der Waals surface area contributed by atoms with E-state index in [-0.39, 0.29) is 5.69 Å². The van der Waals surface area contributed by atoms with Gasteiger partial charge in [0.2, 0.25) is 0 Å². The van der Waals surface area contributed by atoms with Gasteiger partial charge in [0.15, 0.2) is 17.5 Å². The van der Waals surface area contributed by atoms with Gasteiger partial charge in [0, 0.05) is 17.8 Å². The van der Waals surface area contributed by atoms with Gasteiger partial charge < -0.3 is 0 Å². The third kappa shape index (κ3) is 2.12. The van der Waals surface area contributed by atoms with Gasteiger partial charge in [-0.1, -0.05) is 19.1 Å². The fourth-order valence-electron chi connectivity index (χ4n) is 1.49. The van der Waals surface area contributed by atoms with Crippen LogP contribution in [0.4, 0.5) is 13.2 Å². The number of benzene rings is 1. The summed E-state index contributed by atoms with van der Waals surface area (Å²) >= 11 is 5.03. The molecule has 0 fully saturated rings. The highest BCUT2D eigenvalue weighted by atomic mass is 32.1. The van der Waals surface area contributed by atoms with Gasteiger partial charge in [-0.05, 0) is 12.5 Å². The lowest BCUT2D eigenvalue weighted by Gasteiger charge is -2.04. The van der Waals surface area contributed by atoms with Crippen LogP contribution >= 0.6 is 12.2 Å². The first-order valence-electron chi connectivity index (χ1n) is 4.98. The van der Waals surface area contributed by atoms with Crippen LogP contribution in [0.2, 0.25) is 0 Å². The monoisotopic (exact) mass is 258 g/mol. The number of aromatic nitrogens is 2. The molecule has 0 aliphatic heterocycles. The number of aromatic amines is 1. The smallest absolute Gasteiger partial charge is 0.194 e. The summed E-state index contributed by atoms with van der Waals surface area (Å²) in [4.78, 5) is 0. The molecule has 2 nitrogen and oxygen atoms in total. The Morgan fingerprint density at radius 3 is 2.24 bits per heavy atom. The first-order valence-corrected chi connectivity index (χ1v) is 5.39. The van der Waals surface area contributed by atoms with E-state index in [1.807, 2.05) is 6.92 Å². The predicted octanol–water partition coefficient (Wildman–Crippen LogP) is 3.51. The second kappa shape index (κ2) is 4.37. The largest absolute Gasteiger partial charge is 0.297 e. The third-order valence-corrected chi connectivity index (χ3v) is 2.68. The minimum absolute atomic E-state index is 0.131. The summed E-state index contributed by atoms with van der Waals surface area (Å²) in [6.07, 6.45) is 0.711. The quantitative estimate of drug-likeness (QED) is 0.645. The van der Waals surface area contributed by atoms with Crippen LogP contribution in [0, 0.1) is 22.1 Å². The van der Waals surface area contributed by atoms with E-state index >= 15 is 0 Å². The molecule has 1 aromatic heterocycles. The van der Waals surface area contributed by atoms with Gasteiger partial charge in [-0.3, -0.25) is 5.10 Å². The number of aryl methyl sites for hydroxylation is 1. The van der Waals surface area contributed by atoms with E-state index in [9.17, 15) is 13.2 Å². The van der Waals surface area contributed by atoms with E-state index < -0.39 is 17.5 Å². The van der Waals surface area contributed by atoms with Gasteiger partial charge in [0.25, 0.3) is 0 Å². The zero-order valence-electron chi connectivity index (χ0n) is 8.93. The van der Waals surface area contributed by atoms with E-state index in [0.29, 0.717) is 11.1 Å². The molecule has 0 saturated carbocycles. The molecule has 2 rings (SSSR count). The van der Waals surface area contributed by atoms with Crippen LogP contribution in [0.15, 0.2) is 18.2 Å². The first kappa shape index (κ1) is 11.9. The summed E-state index contributed by atoms with van der Waals surface area (Å²) in [5.74, 6) is -3.97. The number of hydrogen-bond acceptors (Lipinski definition) is 1. The van der Waals surface area contributed by atoms with Gasteiger partial charge in [-0.25, -0.2) is 17.9 Å². The molecule has 0 radical (unpaired) electrons. The van der Waals surface area contributed by atoms with Gasteiger partial charge in [0.05, 0.1) is 5.69 Å². The van der Waals surface area contributed by atoms with Crippen molar-refractivity contribution in [1.82, 2.24) is 9.78 Å². The Labute approximate surface area is 101 Å². The second-order valence-electron chi connectivity index (χ2n) is 3.53. The van der Waals surface area contributed by atoms with Crippen LogP contribution in [-0.2, 0) is 6.42 Å². The summed E-state index contributed by atoms with van der Waals surface area (Å²) in [6.45, 7) is 1.91. The average Bonchev–Trinajstić information content (AvgIpc) is 2.67. The van der Waals surface area contributed by atoms with Crippen molar-refractivity contribution in [3.8, 4) is 5.69 Å². The molecule has 0 unspecified atom stereocenters. The van der Waals surface area contributed by atoms with Gasteiger partial charge >= 0.3 is 0 Å². The predicted molar refractivity (Wildman–Crippen MR) is 60.2 cm³/mol. The van der Waals surface area contributed by atoms with Crippen molar-refractivity contribution in [2.24, 2.45) is 0 Å². The fraction of sp³-hybridized carbons (Fsp3) is 0.182. The van der Waals surface area contributed by atoms with Crippen LogP contribution < -0.4 is 0 Å². The lowest BCUT2D eigenvalue weighted by Crippen LogP contribution is -2.01. The molecule has 0 aliphatic rings. The van der Waals surface area contributed by atoms with E-state index in [1.165, 1.54) is 4.68 Å². The van der Waals surface area contributed by atoms with E-state index in [2.05, 4.69) is 5.10 Å². The lowest BCUT2D eigenvalue weighted by atomic mass is 10.3. The molecule has 1 aromatic carbocycles. The van der Waals surface area contributed by atoms with Crippen molar-refractivity contribution >= 4 is 12.2 Å². The molecule has 0 aliphatic carbocycles.